The van der Waals surface area contributed by atoms with Gasteiger partial charge in [-0.1, -0.05) is 6.07 Å². The van der Waals surface area contributed by atoms with Gasteiger partial charge in [-0.3, -0.25) is 4.31 Å². The number of fused-ring (bicyclic) bond motifs is 1. The summed E-state index contributed by atoms with van der Waals surface area (Å²) in [6.45, 7) is 2.45. The van der Waals surface area contributed by atoms with Crippen LogP contribution in [-0.4, -0.2) is 32.5 Å². The predicted molar refractivity (Wildman–Crippen MR) is 128 cm³/mol. The molecule has 0 aliphatic rings. The van der Waals surface area contributed by atoms with Crippen LogP contribution in [-0.2, 0) is 26.4 Å². The minimum absolute atomic E-state index is 0.275. The number of hydrogen-bond acceptors (Lipinski definition) is 5. The van der Waals surface area contributed by atoms with Crippen molar-refractivity contribution in [1.29, 1.82) is 0 Å². The Hall–Kier alpha value is -3.04. The van der Waals surface area contributed by atoms with Crippen molar-refractivity contribution < 1.29 is 8.60 Å². The van der Waals surface area contributed by atoms with Crippen LogP contribution >= 0.6 is 0 Å². The van der Waals surface area contributed by atoms with Crippen molar-refractivity contribution in [1.82, 2.24) is 15.0 Å². The lowest BCUT2D eigenvalue weighted by Gasteiger charge is -2.21. The zero-order chi connectivity index (χ0) is 22.2. The Morgan fingerprint density at radius 1 is 1.23 bits per heavy atom. The zero-order valence-corrected chi connectivity index (χ0v) is 19.0. The van der Waals surface area contributed by atoms with Gasteiger partial charge in [0.1, 0.15) is 26.0 Å². The van der Waals surface area contributed by atoms with Crippen LogP contribution in [0.2, 0.25) is 0 Å². The van der Waals surface area contributed by atoms with Crippen LogP contribution in [0.3, 0.4) is 0 Å². The van der Waals surface area contributed by atoms with Crippen LogP contribution in [0, 0.1) is 12.7 Å². The SMILES string of the molecule is Cc1cnc2[nH]c(-c3ccc(F)cc3)cc2c1NCc1cccnc1N(C)S(C)(=O)=S. The molecule has 2 N–H and O–H groups in total. The summed E-state index contributed by atoms with van der Waals surface area (Å²) >= 11 is 5.13. The van der Waals surface area contributed by atoms with E-state index in [-0.39, 0.29) is 5.82 Å². The maximum absolute atomic E-state index is 13.3. The van der Waals surface area contributed by atoms with Crippen LogP contribution in [0.15, 0.2) is 54.9 Å². The number of benzene rings is 1. The molecule has 0 aliphatic heterocycles. The van der Waals surface area contributed by atoms with E-state index in [0.29, 0.717) is 12.4 Å². The predicted octanol–water partition coefficient (Wildman–Crippen LogP) is 4.41. The van der Waals surface area contributed by atoms with Gasteiger partial charge in [0.05, 0.1) is 0 Å². The van der Waals surface area contributed by atoms with Crippen LogP contribution in [0.25, 0.3) is 22.3 Å². The number of aryl methyl sites for hydroxylation is 1. The maximum atomic E-state index is 13.3. The van der Waals surface area contributed by atoms with Gasteiger partial charge < -0.3 is 10.3 Å². The van der Waals surface area contributed by atoms with E-state index in [0.717, 1.165) is 39.1 Å². The molecule has 6 nitrogen and oxygen atoms in total. The molecule has 0 aliphatic carbocycles. The molecule has 0 fully saturated rings. The topological polar surface area (TPSA) is 73.9 Å². The van der Waals surface area contributed by atoms with Crippen LogP contribution in [0.5, 0.6) is 0 Å². The van der Waals surface area contributed by atoms with E-state index in [1.165, 1.54) is 22.7 Å². The molecule has 1 aromatic carbocycles. The van der Waals surface area contributed by atoms with E-state index in [1.807, 2.05) is 25.1 Å². The van der Waals surface area contributed by atoms with Gasteiger partial charge in [-0.25, -0.2) is 18.6 Å². The second-order valence-electron chi connectivity index (χ2n) is 7.34. The first-order chi connectivity index (χ1) is 14.7. The molecular weight excluding hydrogens is 433 g/mol. The van der Waals surface area contributed by atoms with E-state index < -0.39 is 8.68 Å². The number of hydrogen-bond donors (Lipinski definition) is 2. The standard InChI is InChI=1S/C22H22FN5OS2/c1-14-12-26-21-18(11-19(27-21)15-6-8-17(23)9-7-15)20(14)25-13-16-5-4-10-24-22(16)28(2)31(3,29)30/h4-12H,13H2,1-3H3,(H2,25,26,27). The highest BCUT2D eigenvalue weighted by molar-refractivity contribution is 8.33. The average Bonchev–Trinajstić information content (AvgIpc) is 3.17. The first-order valence-electron chi connectivity index (χ1n) is 9.60. The molecule has 0 saturated heterocycles. The van der Waals surface area contributed by atoms with Crippen molar-refractivity contribution in [3.8, 4) is 11.3 Å². The minimum atomic E-state index is -2.60. The zero-order valence-electron chi connectivity index (χ0n) is 17.3. The van der Waals surface area contributed by atoms with Crippen LogP contribution in [0.1, 0.15) is 11.1 Å². The molecule has 1 unspecified atom stereocenters. The lowest BCUT2D eigenvalue weighted by Crippen LogP contribution is -2.26. The minimum Gasteiger partial charge on any atom is -0.380 e. The number of aromatic nitrogens is 3. The molecule has 4 rings (SSSR count). The average molecular weight is 456 g/mol. The molecule has 160 valence electrons. The van der Waals surface area contributed by atoms with Gasteiger partial charge in [-0.15, -0.1) is 0 Å². The van der Waals surface area contributed by atoms with Gasteiger partial charge >= 0.3 is 0 Å². The van der Waals surface area contributed by atoms with Crippen molar-refractivity contribution in [3.05, 3.63) is 71.8 Å². The molecule has 3 heterocycles. The van der Waals surface area contributed by atoms with Gasteiger partial charge in [-0.05, 0) is 54.4 Å². The van der Waals surface area contributed by atoms with Gasteiger partial charge in [0.25, 0.3) is 0 Å². The van der Waals surface area contributed by atoms with E-state index in [1.54, 1.807) is 31.6 Å². The summed E-state index contributed by atoms with van der Waals surface area (Å²) < 4.78 is 27.2. The third kappa shape index (κ3) is 4.38. The summed E-state index contributed by atoms with van der Waals surface area (Å²) in [5, 5.41) is 4.41. The summed E-state index contributed by atoms with van der Waals surface area (Å²) in [6.07, 6.45) is 4.97. The Balaban J connectivity index is 1.68. The number of pyridine rings is 2. The molecule has 4 aromatic rings. The number of anilines is 2. The number of H-pyrrole nitrogens is 1. The molecule has 1 atom stereocenters. The summed E-state index contributed by atoms with van der Waals surface area (Å²) in [7, 11) is -0.907. The summed E-state index contributed by atoms with van der Waals surface area (Å²) in [6, 6.07) is 12.1. The summed E-state index contributed by atoms with van der Waals surface area (Å²) in [4.78, 5) is 12.2. The molecule has 0 spiro atoms. The van der Waals surface area contributed by atoms with Gasteiger partial charge in [0.15, 0.2) is 0 Å². The van der Waals surface area contributed by atoms with Crippen molar-refractivity contribution >= 4 is 42.4 Å². The molecule has 0 amide bonds. The number of nitrogens with one attached hydrogen (secondary N) is 2. The number of nitrogens with zero attached hydrogens (tertiary/aromatic N) is 3. The molecule has 0 saturated carbocycles. The summed E-state index contributed by atoms with van der Waals surface area (Å²) in [5.74, 6) is 0.310. The Kier molecular flexibility index (Phi) is 5.63. The smallest absolute Gasteiger partial charge is 0.145 e. The van der Waals surface area contributed by atoms with Gasteiger partial charge in [-0.2, -0.15) is 0 Å². The van der Waals surface area contributed by atoms with Crippen molar-refractivity contribution in [2.75, 3.05) is 22.9 Å². The fourth-order valence-electron chi connectivity index (χ4n) is 3.39. The third-order valence-corrected chi connectivity index (χ3v) is 6.96. The van der Waals surface area contributed by atoms with Crippen molar-refractivity contribution in [2.45, 2.75) is 13.5 Å². The Bertz CT molecular complexity index is 1350. The maximum Gasteiger partial charge on any atom is 0.145 e. The fraction of sp³-hybridized carbons (Fsp3) is 0.182. The number of rotatable bonds is 6. The molecule has 0 radical (unpaired) electrons. The van der Waals surface area contributed by atoms with Crippen LogP contribution < -0.4 is 9.62 Å². The fourth-order valence-corrected chi connectivity index (χ4v) is 4.08. The molecule has 3 aromatic heterocycles. The van der Waals surface area contributed by atoms with E-state index in [2.05, 4.69) is 20.3 Å². The van der Waals surface area contributed by atoms with Crippen molar-refractivity contribution in [2.24, 2.45) is 0 Å². The number of halogens is 1. The summed E-state index contributed by atoms with van der Waals surface area (Å²) in [5.41, 5.74) is 5.26. The lowest BCUT2D eigenvalue weighted by molar-refractivity contribution is 0.628. The number of aromatic amines is 1. The van der Waals surface area contributed by atoms with Crippen molar-refractivity contribution in [3.63, 3.8) is 0 Å². The molecule has 0 bridgehead atoms. The van der Waals surface area contributed by atoms with Gasteiger partial charge in [0, 0.05) is 65.8 Å². The quantitative estimate of drug-likeness (QED) is 0.451. The van der Waals surface area contributed by atoms with Gasteiger partial charge in [0.2, 0.25) is 0 Å². The first kappa shape index (κ1) is 21.2. The molecule has 31 heavy (non-hydrogen) atoms. The molecular formula is C22H22FN5OS2. The Morgan fingerprint density at radius 3 is 2.68 bits per heavy atom. The lowest BCUT2D eigenvalue weighted by atomic mass is 10.1. The highest BCUT2D eigenvalue weighted by Crippen LogP contribution is 2.31. The normalized spacial score (nSPS) is 13.2. The Morgan fingerprint density at radius 2 is 1.97 bits per heavy atom. The second kappa shape index (κ2) is 8.24. The first-order valence-corrected chi connectivity index (χ1v) is 12.4. The Labute approximate surface area is 185 Å². The second-order valence-corrected chi connectivity index (χ2v) is 11.2. The van der Waals surface area contributed by atoms with E-state index in [9.17, 15) is 8.60 Å². The van der Waals surface area contributed by atoms with E-state index >= 15 is 0 Å². The monoisotopic (exact) mass is 455 g/mol. The highest BCUT2D eigenvalue weighted by atomic mass is 32.8. The highest BCUT2D eigenvalue weighted by Gasteiger charge is 2.16. The molecule has 9 heteroatoms. The van der Waals surface area contributed by atoms with E-state index in [4.69, 9.17) is 11.2 Å². The third-order valence-electron chi connectivity index (χ3n) is 5.12. The largest absolute Gasteiger partial charge is 0.380 e. The van der Waals surface area contributed by atoms with Crippen LogP contribution in [0.4, 0.5) is 15.9 Å².